The quantitative estimate of drug-likeness (QED) is 0.668. The van der Waals surface area contributed by atoms with Gasteiger partial charge < -0.3 is 0 Å². The Morgan fingerprint density at radius 2 is 2.21 bits per heavy atom. The SMILES string of the molecule is Cc1cccc(F)c1C1CCCC1=O. The Morgan fingerprint density at radius 3 is 2.79 bits per heavy atom. The zero-order valence-electron chi connectivity index (χ0n) is 8.22. The summed E-state index contributed by atoms with van der Waals surface area (Å²) >= 11 is 0. The predicted molar refractivity (Wildman–Crippen MR) is 52.7 cm³/mol. The van der Waals surface area contributed by atoms with E-state index in [4.69, 9.17) is 0 Å². The highest BCUT2D eigenvalue weighted by molar-refractivity contribution is 5.88. The van der Waals surface area contributed by atoms with Crippen molar-refractivity contribution in [1.82, 2.24) is 0 Å². The van der Waals surface area contributed by atoms with Gasteiger partial charge in [0.05, 0.1) is 0 Å². The average molecular weight is 192 g/mol. The molecule has 1 aliphatic carbocycles. The third-order valence-corrected chi connectivity index (χ3v) is 2.92. The van der Waals surface area contributed by atoms with Crippen molar-refractivity contribution in [2.45, 2.75) is 32.1 Å². The van der Waals surface area contributed by atoms with Gasteiger partial charge in [-0.3, -0.25) is 4.79 Å². The van der Waals surface area contributed by atoms with Crippen LogP contribution >= 0.6 is 0 Å². The lowest BCUT2D eigenvalue weighted by molar-refractivity contribution is -0.118. The van der Waals surface area contributed by atoms with Gasteiger partial charge in [-0.15, -0.1) is 0 Å². The van der Waals surface area contributed by atoms with Crippen molar-refractivity contribution >= 4 is 5.78 Å². The Labute approximate surface area is 82.9 Å². The predicted octanol–water partition coefficient (Wildman–Crippen LogP) is 2.97. The van der Waals surface area contributed by atoms with Gasteiger partial charge in [0.15, 0.2) is 0 Å². The Bertz CT molecular complexity index is 350. The van der Waals surface area contributed by atoms with Gasteiger partial charge in [0.1, 0.15) is 11.6 Å². The van der Waals surface area contributed by atoms with Crippen LogP contribution < -0.4 is 0 Å². The lowest BCUT2D eigenvalue weighted by Crippen LogP contribution is -2.08. The zero-order valence-corrected chi connectivity index (χ0v) is 8.22. The number of Topliss-reactive ketones (excluding diaryl/α,β-unsaturated/α-hetero) is 1. The molecule has 14 heavy (non-hydrogen) atoms. The van der Waals surface area contributed by atoms with Gasteiger partial charge in [-0.1, -0.05) is 12.1 Å². The highest BCUT2D eigenvalue weighted by Crippen LogP contribution is 2.34. The number of aryl methyl sites for hydroxylation is 1. The van der Waals surface area contributed by atoms with Gasteiger partial charge in [-0.25, -0.2) is 4.39 Å². The summed E-state index contributed by atoms with van der Waals surface area (Å²) in [6.07, 6.45) is 2.32. The summed E-state index contributed by atoms with van der Waals surface area (Å²) in [4.78, 5) is 11.5. The number of ketones is 1. The summed E-state index contributed by atoms with van der Waals surface area (Å²) < 4.78 is 13.5. The molecular weight excluding hydrogens is 179 g/mol. The summed E-state index contributed by atoms with van der Waals surface area (Å²) in [5.74, 6) is -0.223. The maximum Gasteiger partial charge on any atom is 0.140 e. The maximum absolute atomic E-state index is 13.5. The Morgan fingerprint density at radius 1 is 1.43 bits per heavy atom. The molecule has 0 amide bonds. The van der Waals surface area contributed by atoms with E-state index in [9.17, 15) is 9.18 Å². The highest BCUT2D eigenvalue weighted by atomic mass is 19.1. The third kappa shape index (κ3) is 1.45. The van der Waals surface area contributed by atoms with Gasteiger partial charge >= 0.3 is 0 Å². The van der Waals surface area contributed by atoms with E-state index >= 15 is 0 Å². The zero-order chi connectivity index (χ0) is 10.1. The molecule has 1 nitrogen and oxygen atoms in total. The van der Waals surface area contributed by atoms with E-state index in [-0.39, 0.29) is 17.5 Å². The minimum atomic E-state index is -0.231. The van der Waals surface area contributed by atoms with Crippen molar-refractivity contribution in [2.75, 3.05) is 0 Å². The first-order valence-electron chi connectivity index (χ1n) is 4.98. The van der Waals surface area contributed by atoms with Crippen molar-refractivity contribution in [2.24, 2.45) is 0 Å². The van der Waals surface area contributed by atoms with Crippen molar-refractivity contribution in [3.8, 4) is 0 Å². The number of benzene rings is 1. The second-order valence-corrected chi connectivity index (χ2v) is 3.88. The molecule has 1 atom stereocenters. The fourth-order valence-corrected chi connectivity index (χ4v) is 2.21. The monoisotopic (exact) mass is 192 g/mol. The molecule has 0 spiro atoms. The number of rotatable bonds is 1. The van der Waals surface area contributed by atoms with Crippen molar-refractivity contribution in [3.63, 3.8) is 0 Å². The van der Waals surface area contributed by atoms with Crippen LogP contribution in [-0.4, -0.2) is 5.78 Å². The van der Waals surface area contributed by atoms with E-state index in [0.29, 0.717) is 12.0 Å². The number of hydrogen-bond acceptors (Lipinski definition) is 1. The number of halogens is 1. The first kappa shape index (κ1) is 9.38. The molecule has 74 valence electrons. The molecule has 2 rings (SSSR count). The van der Waals surface area contributed by atoms with E-state index in [1.54, 1.807) is 6.07 Å². The molecule has 0 aliphatic heterocycles. The third-order valence-electron chi connectivity index (χ3n) is 2.92. The molecule has 1 saturated carbocycles. The van der Waals surface area contributed by atoms with Gasteiger partial charge in [-0.05, 0) is 31.4 Å². The van der Waals surface area contributed by atoms with E-state index in [1.807, 2.05) is 13.0 Å². The van der Waals surface area contributed by atoms with Crippen LogP contribution in [0.4, 0.5) is 4.39 Å². The summed E-state index contributed by atoms with van der Waals surface area (Å²) in [5.41, 5.74) is 1.51. The van der Waals surface area contributed by atoms with Crippen molar-refractivity contribution < 1.29 is 9.18 Å². The summed E-state index contributed by atoms with van der Waals surface area (Å²) in [5, 5.41) is 0. The molecule has 1 fully saturated rings. The van der Waals surface area contributed by atoms with Crippen LogP contribution in [0.1, 0.15) is 36.3 Å². The smallest absolute Gasteiger partial charge is 0.140 e. The second-order valence-electron chi connectivity index (χ2n) is 3.88. The summed E-state index contributed by atoms with van der Waals surface area (Å²) in [6, 6.07) is 4.99. The van der Waals surface area contributed by atoms with Gasteiger partial charge in [0.25, 0.3) is 0 Å². The Balaban J connectivity index is 2.44. The van der Waals surface area contributed by atoms with E-state index in [2.05, 4.69) is 0 Å². The van der Waals surface area contributed by atoms with Crippen LogP contribution in [0.2, 0.25) is 0 Å². The Hall–Kier alpha value is -1.18. The van der Waals surface area contributed by atoms with E-state index < -0.39 is 0 Å². The van der Waals surface area contributed by atoms with E-state index in [0.717, 1.165) is 18.4 Å². The molecule has 0 radical (unpaired) electrons. The van der Waals surface area contributed by atoms with Gasteiger partial charge in [0, 0.05) is 17.9 Å². The number of hydrogen-bond donors (Lipinski definition) is 0. The molecule has 0 N–H and O–H groups in total. The molecule has 1 aliphatic rings. The molecule has 1 aromatic carbocycles. The van der Waals surface area contributed by atoms with Crippen LogP contribution in [-0.2, 0) is 4.79 Å². The molecule has 0 aromatic heterocycles. The summed E-state index contributed by atoms with van der Waals surface area (Å²) in [7, 11) is 0. The average Bonchev–Trinajstić information content (AvgIpc) is 2.52. The van der Waals surface area contributed by atoms with Gasteiger partial charge in [-0.2, -0.15) is 0 Å². The van der Waals surface area contributed by atoms with Crippen LogP contribution in [0.3, 0.4) is 0 Å². The largest absolute Gasteiger partial charge is 0.299 e. The normalized spacial score (nSPS) is 21.6. The highest BCUT2D eigenvalue weighted by Gasteiger charge is 2.29. The number of carbonyl (C=O) groups excluding carboxylic acids is 1. The fourth-order valence-electron chi connectivity index (χ4n) is 2.21. The molecule has 1 unspecified atom stereocenters. The standard InChI is InChI=1S/C12H13FO/c1-8-4-2-6-10(13)12(8)9-5-3-7-11(9)14/h2,4,6,9H,3,5,7H2,1H3. The van der Waals surface area contributed by atoms with Crippen LogP contribution in [0, 0.1) is 12.7 Å². The van der Waals surface area contributed by atoms with Crippen LogP contribution in [0.15, 0.2) is 18.2 Å². The molecule has 2 heteroatoms. The maximum atomic E-state index is 13.5. The molecule has 0 heterocycles. The Kier molecular flexibility index (Phi) is 2.36. The molecule has 1 aromatic rings. The lowest BCUT2D eigenvalue weighted by Gasteiger charge is -2.12. The van der Waals surface area contributed by atoms with Crippen molar-refractivity contribution in [3.05, 3.63) is 35.1 Å². The topological polar surface area (TPSA) is 17.1 Å². The fraction of sp³-hybridized carbons (Fsp3) is 0.417. The first-order chi connectivity index (χ1) is 6.70. The van der Waals surface area contributed by atoms with Crippen LogP contribution in [0.25, 0.3) is 0 Å². The van der Waals surface area contributed by atoms with Gasteiger partial charge in [0.2, 0.25) is 0 Å². The summed E-state index contributed by atoms with van der Waals surface area (Å²) in [6.45, 7) is 1.87. The minimum absolute atomic E-state index is 0.184. The first-order valence-corrected chi connectivity index (χ1v) is 4.98. The van der Waals surface area contributed by atoms with Crippen molar-refractivity contribution in [1.29, 1.82) is 0 Å². The minimum Gasteiger partial charge on any atom is -0.299 e. The molecule has 0 saturated heterocycles. The number of carbonyl (C=O) groups is 1. The second kappa shape index (κ2) is 3.52. The van der Waals surface area contributed by atoms with Crippen LogP contribution in [0.5, 0.6) is 0 Å². The molecule has 0 bridgehead atoms. The lowest BCUT2D eigenvalue weighted by atomic mass is 9.92. The molecular formula is C12H13FO. The van der Waals surface area contributed by atoms with E-state index in [1.165, 1.54) is 6.07 Å².